The van der Waals surface area contributed by atoms with Gasteiger partial charge >= 0.3 is 12.0 Å². The van der Waals surface area contributed by atoms with Crippen LogP contribution in [-0.2, 0) is 9.59 Å². The van der Waals surface area contributed by atoms with Crippen LogP contribution < -0.4 is 10.6 Å². The Bertz CT molecular complexity index is 1410. The molecule has 2 aromatic carbocycles. The molecule has 40 heavy (non-hydrogen) atoms. The number of nitrogens with one attached hydrogen (secondary N) is 2. The van der Waals surface area contributed by atoms with E-state index in [9.17, 15) is 24.3 Å². The van der Waals surface area contributed by atoms with Gasteiger partial charge in [-0.05, 0) is 57.4 Å². The Kier molecular flexibility index (Phi) is 8.52. The van der Waals surface area contributed by atoms with E-state index in [0.717, 1.165) is 11.1 Å². The lowest BCUT2D eigenvalue weighted by atomic mass is 10.0. The van der Waals surface area contributed by atoms with Crippen LogP contribution in [0.15, 0.2) is 53.1 Å². The van der Waals surface area contributed by atoms with Gasteiger partial charge in [0.2, 0.25) is 0 Å². The number of aromatic nitrogens is 1. The maximum absolute atomic E-state index is 14.0. The summed E-state index contributed by atoms with van der Waals surface area (Å²) in [5, 5.41) is 19.1. The summed E-state index contributed by atoms with van der Waals surface area (Å²) in [7, 11) is 0. The Morgan fingerprint density at radius 3 is 2.30 bits per heavy atom. The van der Waals surface area contributed by atoms with Gasteiger partial charge in [-0.25, -0.2) is 4.79 Å². The van der Waals surface area contributed by atoms with Crippen LogP contribution in [0.25, 0.3) is 0 Å². The van der Waals surface area contributed by atoms with Crippen molar-refractivity contribution >= 4 is 29.5 Å². The maximum Gasteiger partial charge on any atom is 0.323 e. The minimum Gasteiger partial charge on any atom is -0.481 e. The number of carboxylic acid groups (broad SMARTS) is 1. The Hall–Kier alpha value is -4.67. The van der Waals surface area contributed by atoms with E-state index >= 15 is 0 Å². The number of aliphatic carboxylic acids is 1. The van der Waals surface area contributed by atoms with E-state index in [1.165, 1.54) is 9.80 Å². The van der Waals surface area contributed by atoms with Crippen molar-refractivity contribution in [3.63, 3.8) is 0 Å². The molecule has 0 bridgehead atoms. The third-order valence-electron chi connectivity index (χ3n) is 6.80. The summed E-state index contributed by atoms with van der Waals surface area (Å²) in [5.74, 6) is -1.98. The van der Waals surface area contributed by atoms with Gasteiger partial charge in [0.1, 0.15) is 11.3 Å². The molecule has 0 saturated carbocycles. The average molecular weight is 548 g/mol. The van der Waals surface area contributed by atoms with Crippen LogP contribution >= 0.6 is 0 Å². The molecule has 0 aliphatic carbocycles. The topological polar surface area (TPSA) is 145 Å². The Labute approximate surface area is 232 Å². The van der Waals surface area contributed by atoms with Crippen LogP contribution in [0.4, 0.5) is 10.5 Å². The summed E-state index contributed by atoms with van der Waals surface area (Å²) in [6, 6.07) is 13.0. The number of anilines is 1. The quantitative estimate of drug-likeness (QED) is 0.406. The van der Waals surface area contributed by atoms with Gasteiger partial charge in [0.05, 0.1) is 18.2 Å². The molecule has 3 aromatic rings. The molecule has 1 aliphatic heterocycles. The number of urea groups is 1. The number of carbonyl (C=O) groups excluding carboxylic acids is 3. The second-order valence-electron chi connectivity index (χ2n) is 9.99. The third kappa shape index (κ3) is 6.31. The molecule has 1 aliphatic rings. The van der Waals surface area contributed by atoms with E-state index in [1.807, 2.05) is 26.0 Å². The first-order chi connectivity index (χ1) is 19.0. The summed E-state index contributed by atoms with van der Waals surface area (Å²) in [5.41, 5.74) is 3.57. The fourth-order valence-corrected chi connectivity index (χ4v) is 4.94. The first-order valence-electron chi connectivity index (χ1n) is 13.0. The second kappa shape index (κ2) is 12.0. The molecule has 11 heteroatoms. The van der Waals surface area contributed by atoms with Crippen molar-refractivity contribution in [3.8, 4) is 0 Å². The average Bonchev–Trinajstić information content (AvgIpc) is 3.24. The van der Waals surface area contributed by atoms with Crippen molar-refractivity contribution in [3.05, 3.63) is 82.2 Å². The van der Waals surface area contributed by atoms with Gasteiger partial charge in [-0.2, -0.15) is 0 Å². The van der Waals surface area contributed by atoms with Crippen LogP contribution in [0.3, 0.4) is 0 Å². The lowest BCUT2D eigenvalue weighted by molar-refractivity contribution is -0.138. The van der Waals surface area contributed by atoms with E-state index in [1.54, 1.807) is 50.2 Å². The van der Waals surface area contributed by atoms with Crippen molar-refractivity contribution in [2.24, 2.45) is 0 Å². The molecule has 1 fully saturated rings. The molecule has 2 atom stereocenters. The fourth-order valence-electron chi connectivity index (χ4n) is 4.94. The molecule has 2 heterocycles. The molecule has 4 rings (SSSR count). The summed E-state index contributed by atoms with van der Waals surface area (Å²) < 4.78 is 5.19. The number of amides is 4. The molecule has 3 N–H and O–H groups in total. The van der Waals surface area contributed by atoms with Crippen molar-refractivity contribution in [2.45, 2.75) is 52.7 Å². The number of rotatable bonds is 7. The summed E-state index contributed by atoms with van der Waals surface area (Å²) in [4.78, 5) is 55.6. The molecule has 4 amide bonds. The summed E-state index contributed by atoms with van der Waals surface area (Å²) in [6.07, 6.45) is -1.30. The van der Waals surface area contributed by atoms with Gasteiger partial charge in [0.25, 0.3) is 11.8 Å². The number of carboxylic acids is 1. The molecule has 210 valence electrons. The van der Waals surface area contributed by atoms with Crippen LogP contribution in [0, 0.1) is 27.7 Å². The number of hydrogen-bond acceptors (Lipinski definition) is 6. The molecule has 0 spiro atoms. The number of aryl methyl sites for hydroxylation is 4. The third-order valence-corrected chi connectivity index (χ3v) is 6.80. The van der Waals surface area contributed by atoms with Crippen LogP contribution in [0.1, 0.15) is 57.4 Å². The van der Waals surface area contributed by atoms with Gasteiger partial charge in [0.15, 0.2) is 6.17 Å². The minimum atomic E-state index is -1.35. The molecule has 2 unspecified atom stereocenters. The zero-order chi connectivity index (χ0) is 29.0. The molecule has 0 radical (unpaired) electrons. The van der Waals surface area contributed by atoms with E-state index < -0.39 is 36.0 Å². The van der Waals surface area contributed by atoms with Crippen LogP contribution in [-0.4, -0.2) is 63.1 Å². The van der Waals surface area contributed by atoms with E-state index in [-0.39, 0.29) is 25.1 Å². The number of hydrogen-bond donors (Lipinski definition) is 3. The van der Waals surface area contributed by atoms with Crippen molar-refractivity contribution in [2.75, 3.05) is 18.4 Å². The smallest absolute Gasteiger partial charge is 0.323 e. The normalized spacial score (nSPS) is 15.8. The highest BCUT2D eigenvalue weighted by molar-refractivity contribution is 6.01. The summed E-state index contributed by atoms with van der Waals surface area (Å²) in [6.45, 7) is 7.40. The van der Waals surface area contributed by atoms with E-state index in [4.69, 9.17) is 4.52 Å². The monoisotopic (exact) mass is 547 g/mol. The van der Waals surface area contributed by atoms with Gasteiger partial charge in [-0.15, -0.1) is 0 Å². The molecule has 1 aromatic heterocycles. The predicted octanol–water partition coefficient (Wildman–Crippen LogP) is 3.95. The van der Waals surface area contributed by atoms with E-state index in [0.29, 0.717) is 29.1 Å². The first-order valence-corrected chi connectivity index (χ1v) is 13.0. The largest absolute Gasteiger partial charge is 0.481 e. The lowest BCUT2D eigenvalue weighted by Gasteiger charge is -2.43. The van der Waals surface area contributed by atoms with Gasteiger partial charge in [-0.1, -0.05) is 47.1 Å². The molecular formula is C29H33N5O6. The molecule has 1 saturated heterocycles. The highest BCUT2D eigenvalue weighted by atomic mass is 16.5. The van der Waals surface area contributed by atoms with Gasteiger partial charge in [0, 0.05) is 18.8 Å². The zero-order valence-corrected chi connectivity index (χ0v) is 22.9. The Balaban J connectivity index is 1.70. The Morgan fingerprint density at radius 1 is 1.00 bits per heavy atom. The van der Waals surface area contributed by atoms with Crippen molar-refractivity contribution in [1.29, 1.82) is 0 Å². The van der Waals surface area contributed by atoms with Crippen LogP contribution in [0.2, 0.25) is 0 Å². The number of benzene rings is 2. The fraction of sp³-hybridized carbons (Fsp3) is 0.345. The zero-order valence-electron chi connectivity index (χ0n) is 22.9. The second-order valence-corrected chi connectivity index (χ2v) is 9.99. The van der Waals surface area contributed by atoms with Crippen molar-refractivity contribution in [1.82, 2.24) is 20.3 Å². The van der Waals surface area contributed by atoms with Crippen molar-refractivity contribution < 1.29 is 28.8 Å². The first kappa shape index (κ1) is 28.3. The summed E-state index contributed by atoms with van der Waals surface area (Å²) >= 11 is 0. The SMILES string of the molecule is Cc1cccc(NC(=O)N2CCCN(C(=O)c3c(C)noc3C)C2C(=O)NC(CC(=O)O)c2cccc(C)c2)c1. The Morgan fingerprint density at radius 2 is 1.68 bits per heavy atom. The maximum atomic E-state index is 14.0. The highest BCUT2D eigenvalue weighted by Gasteiger charge is 2.42. The molecular weight excluding hydrogens is 514 g/mol. The van der Waals surface area contributed by atoms with E-state index in [2.05, 4.69) is 15.8 Å². The predicted molar refractivity (Wildman–Crippen MR) is 147 cm³/mol. The highest BCUT2D eigenvalue weighted by Crippen LogP contribution is 2.25. The lowest BCUT2D eigenvalue weighted by Crippen LogP contribution is -2.64. The minimum absolute atomic E-state index is 0.198. The van der Waals surface area contributed by atoms with Gasteiger partial charge in [-0.3, -0.25) is 19.3 Å². The number of nitrogens with zero attached hydrogens (tertiary/aromatic N) is 3. The number of carbonyl (C=O) groups is 4. The standard InChI is InChI=1S/C29H33N5O6/c1-17-8-5-10-21(14-17)23(16-24(35)36)31-26(37)27-33(28(38)25-19(3)32-40-20(25)4)12-7-13-34(27)29(39)30-22-11-6-9-18(2)15-22/h5-6,8-11,14-15,23,27H,7,12-13,16H2,1-4H3,(H,30,39)(H,31,37)(H,35,36). The molecule has 11 nitrogen and oxygen atoms in total. The van der Waals surface area contributed by atoms with Gasteiger partial charge < -0.3 is 25.2 Å². The van der Waals surface area contributed by atoms with Crippen LogP contribution in [0.5, 0.6) is 0 Å².